The number of aromatic nitrogens is 2. The molecule has 0 aliphatic carbocycles. The topological polar surface area (TPSA) is 24.0 Å². The highest BCUT2D eigenvalue weighted by atomic mass is 15.1. The van der Waals surface area contributed by atoms with Gasteiger partial charge in [0.2, 0.25) is 0 Å². The zero-order chi connectivity index (χ0) is 16.0. The molecule has 2 aromatic heterocycles. The summed E-state index contributed by atoms with van der Waals surface area (Å²) in [4.78, 5) is 5.95. The van der Waals surface area contributed by atoms with Gasteiger partial charge < -0.3 is 14.5 Å². The molecular formula is C20H25N3. The number of likely N-dealkylation sites (tertiary alicyclic amines) is 1. The minimum Gasteiger partial charge on any atom is -0.361 e. The number of benzene rings is 1. The van der Waals surface area contributed by atoms with Crippen LogP contribution in [-0.2, 0) is 6.42 Å². The first kappa shape index (κ1) is 14.6. The van der Waals surface area contributed by atoms with Crippen molar-refractivity contribution in [2.24, 2.45) is 0 Å². The summed E-state index contributed by atoms with van der Waals surface area (Å²) in [6.07, 6.45) is 5.99. The predicted molar refractivity (Wildman–Crippen MR) is 96.5 cm³/mol. The number of nitrogens with zero attached hydrogens (tertiary/aromatic N) is 2. The van der Waals surface area contributed by atoms with Crippen molar-refractivity contribution in [3.63, 3.8) is 0 Å². The number of rotatable bonds is 3. The summed E-state index contributed by atoms with van der Waals surface area (Å²) in [7, 11) is 2.25. The van der Waals surface area contributed by atoms with Crippen LogP contribution in [0.3, 0.4) is 0 Å². The maximum atomic E-state index is 3.45. The van der Waals surface area contributed by atoms with Crippen molar-refractivity contribution < 1.29 is 0 Å². The standard InChI is InChI=1S/C20H25N3/c1-14-6-7-15(2)23(14)18-8-9-20-19(12-18)16(13-21-20)11-17-5-4-10-22(17)3/h6-9,12-13,17,21H,4-5,10-11H2,1-3H3. The number of H-pyrrole nitrogens is 1. The molecule has 1 aromatic carbocycles. The summed E-state index contributed by atoms with van der Waals surface area (Å²) in [5.41, 5.74) is 6.52. The van der Waals surface area contributed by atoms with E-state index in [1.807, 2.05) is 0 Å². The highest BCUT2D eigenvalue weighted by molar-refractivity contribution is 5.85. The van der Waals surface area contributed by atoms with Crippen molar-refractivity contribution in [1.29, 1.82) is 0 Å². The molecule has 4 rings (SSSR count). The lowest BCUT2D eigenvalue weighted by Gasteiger charge is -2.19. The van der Waals surface area contributed by atoms with Crippen molar-refractivity contribution in [2.75, 3.05) is 13.6 Å². The SMILES string of the molecule is Cc1ccc(C)n1-c1ccc2[nH]cc(CC3CCCN3C)c2c1. The van der Waals surface area contributed by atoms with E-state index in [0.717, 1.165) is 6.42 Å². The van der Waals surface area contributed by atoms with E-state index < -0.39 is 0 Å². The van der Waals surface area contributed by atoms with Crippen LogP contribution in [0.2, 0.25) is 0 Å². The first-order valence-electron chi connectivity index (χ1n) is 8.59. The van der Waals surface area contributed by atoms with Gasteiger partial charge in [0.15, 0.2) is 0 Å². The van der Waals surface area contributed by atoms with E-state index in [2.05, 4.69) is 71.9 Å². The number of fused-ring (bicyclic) bond motifs is 1. The molecular weight excluding hydrogens is 282 g/mol. The Balaban J connectivity index is 1.74. The lowest BCUT2D eigenvalue weighted by atomic mass is 10.0. The quantitative estimate of drug-likeness (QED) is 0.770. The van der Waals surface area contributed by atoms with E-state index in [0.29, 0.717) is 6.04 Å². The number of hydrogen-bond acceptors (Lipinski definition) is 1. The maximum absolute atomic E-state index is 3.45. The molecule has 1 unspecified atom stereocenters. The zero-order valence-electron chi connectivity index (χ0n) is 14.3. The molecule has 1 N–H and O–H groups in total. The molecule has 23 heavy (non-hydrogen) atoms. The van der Waals surface area contributed by atoms with Crippen LogP contribution in [0.15, 0.2) is 36.5 Å². The molecule has 3 aromatic rings. The lowest BCUT2D eigenvalue weighted by molar-refractivity contribution is 0.310. The Morgan fingerprint density at radius 1 is 1.13 bits per heavy atom. The van der Waals surface area contributed by atoms with Gasteiger partial charge in [0.25, 0.3) is 0 Å². The second kappa shape index (κ2) is 5.57. The Kier molecular flexibility index (Phi) is 3.53. The predicted octanol–water partition coefficient (Wildman–Crippen LogP) is 4.21. The minimum atomic E-state index is 0.688. The Bertz CT molecular complexity index is 820. The number of nitrogens with one attached hydrogen (secondary N) is 1. The number of hydrogen-bond donors (Lipinski definition) is 1. The zero-order valence-corrected chi connectivity index (χ0v) is 14.3. The fraction of sp³-hybridized carbons (Fsp3) is 0.400. The third-order valence-corrected chi connectivity index (χ3v) is 5.41. The molecule has 1 saturated heterocycles. The Hall–Kier alpha value is -2.00. The summed E-state index contributed by atoms with van der Waals surface area (Å²) >= 11 is 0. The van der Waals surface area contributed by atoms with Crippen molar-refractivity contribution in [1.82, 2.24) is 14.5 Å². The molecule has 0 amide bonds. The molecule has 3 nitrogen and oxygen atoms in total. The molecule has 0 spiro atoms. The normalized spacial score (nSPS) is 19.0. The molecule has 1 aliphatic heterocycles. The van der Waals surface area contributed by atoms with E-state index in [9.17, 15) is 0 Å². The van der Waals surface area contributed by atoms with Gasteiger partial charge in [0.05, 0.1) is 0 Å². The van der Waals surface area contributed by atoms with Crippen LogP contribution in [0.1, 0.15) is 29.8 Å². The van der Waals surface area contributed by atoms with Gasteiger partial charge in [-0.3, -0.25) is 0 Å². The van der Waals surface area contributed by atoms with Crippen LogP contribution in [-0.4, -0.2) is 34.1 Å². The Labute approximate surface area is 137 Å². The molecule has 0 saturated carbocycles. The molecule has 3 heteroatoms. The summed E-state index contributed by atoms with van der Waals surface area (Å²) in [5.74, 6) is 0. The smallest absolute Gasteiger partial charge is 0.0462 e. The Morgan fingerprint density at radius 3 is 2.61 bits per heavy atom. The fourth-order valence-electron chi connectivity index (χ4n) is 4.04. The average molecular weight is 307 g/mol. The van der Waals surface area contributed by atoms with Gasteiger partial charge >= 0.3 is 0 Å². The van der Waals surface area contributed by atoms with Crippen LogP contribution in [0.5, 0.6) is 0 Å². The van der Waals surface area contributed by atoms with Crippen LogP contribution in [0.25, 0.3) is 16.6 Å². The van der Waals surface area contributed by atoms with Gasteiger partial charge in [-0.05, 0) is 82.6 Å². The first-order valence-corrected chi connectivity index (χ1v) is 8.59. The highest BCUT2D eigenvalue weighted by Gasteiger charge is 2.22. The molecule has 1 aliphatic rings. The fourth-order valence-corrected chi connectivity index (χ4v) is 4.04. The maximum Gasteiger partial charge on any atom is 0.0462 e. The molecule has 1 atom stereocenters. The number of aryl methyl sites for hydroxylation is 2. The van der Waals surface area contributed by atoms with Gasteiger partial charge in [-0.1, -0.05) is 0 Å². The second-order valence-electron chi connectivity index (χ2n) is 6.98. The molecule has 0 bridgehead atoms. The van der Waals surface area contributed by atoms with E-state index in [1.54, 1.807) is 0 Å². The van der Waals surface area contributed by atoms with Crippen molar-refractivity contribution in [2.45, 2.75) is 39.2 Å². The highest BCUT2D eigenvalue weighted by Crippen LogP contribution is 2.27. The average Bonchev–Trinajstić information content (AvgIpc) is 3.21. The Morgan fingerprint density at radius 2 is 1.91 bits per heavy atom. The molecule has 0 radical (unpaired) electrons. The summed E-state index contributed by atoms with van der Waals surface area (Å²) in [6.45, 7) is 5.57. The van der Waals surface area contributed by atoms with Gasteiger partial charge in [0.1, 0.15) is 0 Å². The van der Waals surface area contributed by atoms with E-state index in [4.69, 9.17) is 0 Å². The minimum absolute atomic E-state index is 0.688. The van der Waals surface area contributed by atoms with Gasteiger partial charge in [-0.2, -0.15) is 0 Å². The van der Waals surface area contributed by atoms with E-state index in [-0.39, 0.29) is 0 Å². The van der Waals surface area contributed by atoms with E-state index in [1.165, 1.54) is 52.9 Å². The van der Waals surface area contributed by atoms with Crippen molar-refractivity contribution >= 4 is 10.9 Å². The van der Waals surface area contributed by atoms with Crippen LogP contribution in [0, 0.1) is 13.8 Å². The number of likely N-dealkylation sites (N-methyl/N-ethyl adjacent to an activating group) is 1. The van der Waals surface area contributed by atoms with Gasteiger partial charge in [0, 0.05) is 40.2 Å². The summed E-state index contributed by atoms with van der Waals surface area (Å²) < 4.78 is 2.33. The largest absolute Gasteiger partial charge is 0.361 e. The van der Waals surface area contributed by atoms with Crippen LogP contribution < -0.4 is 0 Å². The summed E-state index contributed by atoms with van der Waals surface area (Å²) in [6, 6.07) is 11.8. The molecule has 1 fully saturated rings. The monoisotopic (exact) mass is 307 g/mol. The third-order valence-electron chi connectivity index (χ3n) is 5.41. The third kappa shape index (κ3) is 2.49. The van der Waals surface area contributed by atoms with Crippen LogP contribution >= 0.6 is 0 Å². The van der Waals surface area contributed by atoms with Gasteiger partial charge in [-0.15, -0.1) is 0 Å². The molecule has 120 valence electrons. The second-order valence-corrected chi connectivity index (χ2v) is 6.98. The first-order chi connectivity index (χ1) is 11.1. The van der Waals surface area contributed by atoms with Crippen molar-refractivity contribution in [3.8, 4) is 5.69 Å². The number of aromatic amines is 1. The van der Waals surface area contributed by atoms with Crippen LogP contribution in [0.4, 0.5) is 0 Å². The van der Waals surface area contributed by atoms with Crippen molar-refractivity contribution in [3.05, 3.63) is 53.5 Å². The van der Waals surface area contributed by atoms with E-state index >= 15 is 0 Å². The van der Waals surface area contributed by atoms with Gasteiger partial charge in [-0.25, -0.2) is 0 Å². The summed E-state index contributed by atoms with van der Waals surface area (Å²) in [5, 5.41) is 1.37. The lowest BCUT2D eigenvalue weighted by Crippen LogP contribution is -2.26. The molecule has 3 heterocycles.